The van der Waals surface area contributed by atoms with Crippen molar-refractivity contribution >= 4 is 17.7 Å². The molecule has 0 saturated carbocycles. The zero-order chi connectivity index (χ0) is 20.8. The van der Waals surface area contributed by atoms with Gasteiger partial charge in [-0.1, -0.05) is 72.4 Å². The van der Waals surface area contributed by atoms with Gasteiger partial charge in [0.2, 0.25) is 5.91 Å². The molecule has 0 spiro atoms. The van der Waals surface area contributed by atoms with E-state index < -0.39 is 0 Å². The topological polar surface area (TPSA) is 80.0 Å². The molecule has 0 aliphatic heterocycles. The number of carbonyl (C=O) groups excluding carboxylic acids is 1. The number of thioether (sulfide) groups is 1. The van der Waals surface area contributed by atoms with Crippen LogP contribution in [0.15, 0.2) is 90.1 Å². The van der Waals surface area contributed by atoms with Crippen LogP contribution in [0.4, 0.5) is 0 Å². The van der Waals surface area contributed by atoms with E-state index in [2.05, 4.69) is 15.5 Å². The average molecular weight is 417 g/mol. The number of nitrogens with one attached hydrogen (secondary N) is 1. The summed E-state index contributed by atoms with van der Waals surface area (Å²) >= 11 is 1.30. The first-order valence-electron chi connectivity index (χ1n) is 9.45. The monoisotopic (exact) mass is 416 g/mol. The zero-order valence-corrected chi connectivity index (χ0v) is 16.9. The van der Waals surface area contributed by atoms with Crippen LogP contribution in [0.3, 0.4) is 0 Å². The molecule has 1 heterocycles. The fraction of sp³-hybridized carbons (Fsp3) is 0.0870. The van der Waals surface area contributed by atoms with Gasteiger partial charge in [-0.2, -0.15) is 0 Å². The number of hydrogen-bond acceptors (Lipinski definition) is 5. The number of benzene rings is 3. The Morgan fingerprint density at radius 2 is 1.57 bits per heavy atom. The summed E-state index contributed by atoms with van der Waals surface area (Å²) in [5.41, 5.74) is 2.48. The van der Waals surface area contributed by atoms with Gasteiger partial charge in [0.1, 0.15) is 5.75 Å². The van der Waals surface area contributed by atoms with Crippen molar-refractivity contribution in [1.29, 1.82) is 0 Å². The minimum atomic E-state index is -0.0874. The van der Waals surface area contributed by atoms with Gasteiger partial charge in [-0.05, 0) is 29.8 Å². The molecule has 6 nitrogen and oxygen atoms in total. The Morgan fingerprint density at radius 3 is 2.30 bits per heavy atom. The summed E-state index contributed by atoms with van der Waals surface area (Å²) in [4.78, 5) is 12.3. The van der Waals surface area contributed by atoms with Crippen molar-refractivity contribution in [2.45, 2.75) is 11.7 Å². The van der Waals surface area contributed by atoms with E-state index in [1.54, 1.807) is 18.2 Å². The van der Waals surface area contributed by atoms with Gasteiger partial charge < -0.3 is 10.4 Å². The third kappa shape index (κ3) is 4.52. The number of amides is 1. The van der Waals surface area contributed by atoms with Gasteiger partial charge in [0.15, 0.2) is 11.0 Å². The maximum absolute atomic E-state index is 12.3. The highest BCUT2D eigenvalue weighted by atomic mass is 32.2. The number of para-hydroxylation sites is 2. The van der Waals surface area contributed by atoms with Crippen molar-refractivity contribution in [3.05, 3.63) is 90.5 Å². The molecular formula is C23H20N4O2S. The number of rotatable bonds is 7. The standard InChI is InChI=1S/C23H20N4O2S/c28-20-14-8-7-13-19(20)22-25-26-23(27(22)18-11-5-2-6-12-18)30-16-21(29)24-15-17-9-3-1-4-10-17/h1-14,28H,15-16H2,(H,24,29). The van der Waals surface area contributed by atoms with E-state index in [0.29, 0.717) is 23.1 Å². The van der Waals surface area contributed by atoms with Gasteiger partial charge in [-0.25, -0.2) is 0 Å². The lowest BCUT2D eigenvalue weighted by atomic mass is 10.2. The van der Waals surface area contributed by atoms with Crippen molar-refractivity contribution in [2.24, 2.45) is 0 Å². The van der Waals surface area contributed by atoms with E-state index in [0.717, 1.165) is 11.3 Å². The van der Waals surface area contributed by atoms with Crippen molar-refractivity contribution in [2.75, 3.05) is 5.75 Å². The highest BCUT2D eigenvalue weighted by Gasteiger charge is 2.19. The molecule has 0 saturated heterocycles. The molecule has 4 aromatic rings. The van der Waals surface area contributed by atoms with Gasteiger partial charge in [0, 0.05) is 12.2 Å². The summed E-state index contributed by atoms with van der Waals surface area (Å²) in [5, 5.41) is 22.4. The molecule has 0 aliphatic carbocycles. The highest BCUT2D eigenvalue weighted by molar-refractivity contribution is 7.99. The summed E-state index contributed by atoms with van der Waals surface area (Å²) in [6.07, 6.45) is 0. The number of hydrogen-bond donors (Lipinski definition) is 2. The Labute approximate surface area is 178 Å². The van der Waals surface area contributed by atoms with Crippen LogP contribution in [-0.4, -0.2) is 31.5 Å². The molecule has 2 N–H and O–H groups in total. The van der Waals surface area contributed by atoms with Crippen LogP contribution in [0.2, 0.25) is 0 Å². The number of phenols is 1. The first kappa shape index (κ1) is 19.7. The van der Waals surface area contributed by atoms with E-state index in [-0.39, 0.29) is 17.4 Å². The van der Waals surface area contributed by atoms with E-state index in [9.17, 15) is 9.90 Å². The van der Waals surface area contributed by atoms with Gasteiger partial charge in [0.25, 0.3) is 0 Å². The van der Waals surface area contributed by atoms with Crippen molar-refractivity contribution in [3.63, 3.8) is 0 Å². The fourth-order valence-corrected chi connectivity index (χ4v) is 3.77. The lowest BCUT2D eigenvalue weighted by molar-refractivity contribution is -0.118. The molecule has 0 radical (unpaired) electrons. The predicted octanol–water partition coefficient (Wildman–Crippen LogP) is 4.05. The molecule has 0 fully saturated rings. The smallest absolute Gasteiger partial charge is 0.230 e. The number of carbonyl (C=O) groups is 1. The van der Waals surface area contributed by atoms with E-state index in [1.165, 1.54) is 11.8 Å². The molecule has 1 aromatic heterocycles. The second-order valence-electron chi connectivity index (χ2n) is 6.55. The summed E-state index contributed by atoms with van der Waals surface area (Å²) in [5.74, 6) is 0.764. The molecule has 0 bridgehead atoms. The maximum Gasteiger partial charge on any atom is 0.230 e. The largest absolute Gasteiger partial charge is 0.507 e. The molecule has 0 atom stereocenters. The minimum Gasteiger partial charge on any atom is -0.507 e. The van der Waals surface area contributed by atoms with E-state index in [1.807, 2.05) is 71.3 Å². The molecule has 7 heteroatoms. The van der Waals surface area contributed by atoms with Crippen LogP contribution in [-0.2, 0) is 11.3 Å². The summed E-state index contributed by atoms with van der Waals surface area (Å²) in [7, 11) is 0. The Balaban J connectivity index is 1.55. The fourth-order valence-electron chi connectivity index (χ4n) is 2.99. The van der Waals surface area contributed by atoms with Crippen LogP contribution in [0.25, 0.3) is 17.1 Å². The first-order chi connectivity index (χ1) is 14.7. The molecule has 1 amide bonds. The summed E-state index contributed by atoms with van der Waals surface area (Å²) < 4.78 is 1.85. The molecule has 30 heavy (non-hydrogen) atoms. The second kappa shape index (κ2) is 9.28. The van der Waals surface area contributed by atoms with Crippen LogP contribution in [0, 0.1) is 0 Å². The molecule has 150 valence electrons. The van der Waals surface area contributed by atoms with Crippen LogP contribution in [0.1, 0.15) is 5.56 Å². The maximum atomic E-state index is 12.3. The van der Waals surface area contributed by atoms with Gasteiger partial charge in [-0.3, -0.25) is 9.36 Å². The van der Waals surface area contributed by atoms with Crippen molar-refractivity contribution < 1.29 is 9.90 Å². The first-order valence-corrected chi connectivity index (χ1v) is 10.4. The molecule has 4 rings (SSSR count). The quantitative estimate of drug-likeness (QED) is 0.444. The number of aromatic nitrogens is 3. The predicted molar refractivity (Wildman–Crippen MR) is 117 cm³/mol. The Hall–Kier alpha value is -3.58. The third-order valence-corrected chi connectivity index (χ3v) is 5.39. The molecule has 3 aromatic carbocycles. The van der Waals surface area contributed by atoms with E-state index >= 15 is 0 Å². The van der Waals surface area contributed by atoms with Crippen LogP contribution in [0.5, 0.6) is 5.75 Å². The van der Waals surface area contributed by atoms with Crippen molar-refractivity contribution in [1.82, 2.24) is 20.1 Å². The van der Waals surface area contributed by atoms with E-state index in [4.69, 9.17) is 0 Å². The third-order valence-electron chi connectivity index (χ3n) is 4.46. The summed E-state index contributed by atoms with van der Waals surface area (Å²) in [6.45, 7) is 0.481. The van der Waals surface area contributed by atoms with Crippen LogP contribution >= 0.6 is 11.8 Å². The van der Waals surface area contributed by atoms with Gasteiger partial charge >= 0.3 is 0 Å². The lowest BCUT2D eigenvalue weighted by Gasteiger charge is -2.11. The minimum absolute atomic E-state index is 0.0874. The van der Waals surface area contributed by atoms with Crippen LogP contribution < -0.4 is 5.32 Å². The molecule has 0 aliphatic rings. The normalized spacial score (nSPS) is 10.7. The Morgan fingerprint density at radius 1 is 0.900 bits per heavy atom. The van der Waals surface area contributed by atoms with Gasteiger partial charge in [-0.15, -0.1) is 10.2 Å². The lowest BCUT2D eigenvalue weighted by Crippen LogP contribution is -2.24. The summed E-state index contributed by atoms with van der Waals surface area (Å²) in [6, 6.07) is 26.4. The Kier molecular flexibility index (Phi) is 6.10. The molecular weight excluding hydrogens is 396 g/mol. The second-order valence-corrected chi connectivity index (χ2v) is 7.49. The number of aromatic hydroxyl groups is 1. The average Bonchev–Trinajstić information content (AvgIpc) is 3.21. The SMILES string of the molecule is O=C(CSc1nnc(-c2ccccc2O)n1-c1ccccc1)NCc1ccccc1. The van der Waals surface area contributed by atoms with Gasteiger partial charge in [0.05, 0.1) is 11.3 Å². The molecule has 0 unspecified atom stereocenters. The zero-order valence-electron chi connectivity index (χ0n) is 16.1. The Bertz CT molecular complexity index is 1130. The number of nitrogens with zero attached hydrogens (tertiary/aromatic N) is 3. The van der Waals surface area contributed by atoms with Crippen molar-refractivity contribution in [3.8, 4) is 22.8 Å². The number of phenolic OH excluding ortho intramolecular Hbond substituents is 1. The highest BCUT2D eigenvalue weighted by Crippen LogP contribution is 2.32.